The summed E-state index contributed by atoms with van der Waals surface area (Å²) in [6, 6.07) is 0. The summed E-state index contributed by atoms with van der Waals surface area (Å²) in [5.41, 5.74) is 0. The molecule has 2 rings (SSSR count). The van der Waals surface area contributed by atoms with Gasteiger partial charge in [0.1, 0.15) is 0 Å². The van der Waals surface area contributed by atoms with Crippen molar-refractivity contribution < 1.29 is 14.7 Å². The number of carbonyl (C=O) groups is 2. The maximum atomic E-state index is 12.0. The van der Waals surface area contributed by atoms with Gasteiger partial charge in [0.15, 0.2) is 0 Å². The number of amides is 1. The summed E-state index contributed by atoms with van der Waals surface area (Å²) in [6.07, 6.45) is 2.18. The molecule has 0 spiro atoms. The van der Waals surface area contributed by atoms with Crippen LogP contribution in [0.1, 0.15) is 19.3 Å². The van der Waals surface area contributed by atoms with Gasteiger partial charge in [-0.15, -0.1) is 0 Å². The molecule has 2 fully saturated rings. The molecule has 1 aliphatic carbocycles. The van der Waals surface area contributed by atoms with Crippen LogP contribution in [0.2, 0.25) is 0 Å². The van der Waals surface area contributed by atoms with Crippen molar-refractivity contribution in [2.75, 3.05) is 39.3 Å². The lowest BCUT2D eigenvalue weighted by Gasteiger charge is -2.27. The Morgan fingerprint density at radius 1 is 1.21 bits per heavy atom. The van der Waals surface area contributed by atoms with Crippen LogP contribution in [0.4, 0.5) is 0 Å². The zero-order valence-electron chi connectivity index (χ0n) is 11.2. The molecule has 0 unspecified atom stereocenters. The molecule has 1 saturated carbocycles. The molecule has 0 aromatic rings. The van der Waals surface area contributed by atoms with Crippen LogP contribution in [-0.2, 0) is 9.59 Å². The summed E-state index contributed by atoms with van der Waals surface area (Å²) in [4.78, 5) is 25.3. The molecular weight excluding hydrogens is 246 g/mol. The van der Waals surface area contributed by atoms with Crippen LogP contribution in [-0.4, -0.2) is 61.2 Å². The zero-order valence-corrected chi connectivity index (χ0v) is 11.2. The van der Waals surface area contributed by atoms with Crippen LogP contribution in [0.5, 0.6) is 0 Å². The van der Waals surface area contributed by atoms with Crippen LogP contribution in [0.3, 0.4) is 0 Å². The van der Waals surface area contributed by atoms with Gasteiger partial charge in [-0.05, 0) is 12.8 Å². The van der Waals surface area contributed by atoms with Crippen LogP contribution in [0.25, 0.3) is 0 Å². The van der Waals surface area contributed by atoms with Gasteiger partial charge in [0.25, 0.3) is 0 Å². The van der Waals surface area contributed by atoms with E-state index in [9.17, 15) is 9.59 Å². The largest absolute Gasteiger partial charge is 0.481 e. The standard InChI is InChI=1S/C13H23N3O3/c17-12(10-2-1-3-11(10)13(18)19)15-6-9-16-7-4-14-5-8-16/h10-11,14H,1-9H2,(H,15,17)(H,18,19)/t10-,11+/m1/s1. The van der Waals surface area contributed by atoms with Gasteiger partial charge in [0.05, 0.1) is 11.8 Å². The minimum atomic E-state index is -0.834. The van der Waals surface area contributed by atoms with Crippen molar-refractivity contribution in [1.29, 1.82) is 0 Å². The fourth-order valence-electron chi connectivity index (χ4n) is 2.97. The number of piperazine rings is 1. The van der Waals surface area contributed by atoms with Crippen LogP contribution < -0.4 is 10.6 Å². The first-order valence-corrected chi connectivity index (χ1v) is 7.12. The molecule has 2 atom stereocenters. The Bertz CT molecular complexity index is 329. The second-order valence-electron chi connectivity index (χ2n) is 5.36. The SMILES string of the molecule is O=C(O)[C@H]1CCC[C@H]1C(=O)NCCN1CCNCC1. The van der Waals surface area contributed by atoms with Gasteiger partial charge in [-0.3, -0.25) is 14.5 Å². The predicted octanol–water partition coefficient (Wildman–Crippen LogP) is -0.491. The van der Waals surface area contributed by atoms with E-state index in [0.717, 1.165) is 39.1 Å². The number of nitrogens with one attached hydrogen (secondary N) is 2. The molecule has 0 bridgehead atoms. The van der Waals surface area contributed by atoms with Crippen molar-refractivity contribution in [2.45, 2.75) is 19.3 Å². The molecule has 108 valence electrons. The summed E-state index contributed by atoms with van der Waals surface area (Å²) >= 11 is 0. The molecule has 19 heavy (non-hydrogen) atoms. The number of nitrogens with zero attached hydrogens (tertiary/aromatic N) is 1. The second kappa shape index (κ2) is 6.86. The Labute approximate surface area is 113 Å². The summed E-state index contributed by atoms with van der Waals surface area (Å²) in [7, 11) is 0. The number of aliphatic carboxylic acids is 1. The van der Waals surface area contributed by atoms with Crippen molar-refractivity contribution in [3.8, 4) is 0 Å². The topological polar surface area (TPSA) is 81.7 Å². The van der Waals surface area contributed by atoms with E-state index in [1.807, 2.05) is 0 Å². The molecule has 0 aromatic heterocycles. The predicted molar refractivity (Wildman–Crippen MR) is 70.8 cm³/mol. The lowest BCUT2D eigenvalue weighted by atomic mass is 9.95. The Morgan fingerprint density at radius 2 is 1.89 bits per heavy atom. The lowest BCUT2D eigenvalue weighted by Crippen LogP contribution is -2.47. The highest BCUT2D eigenvalue weighted by Gasteiger charge is 2.37. The summed E-state index contributed by atoms with van der Waals surface area (Å²) < 4.78 is 0. The number of carbonyl (C=O) groups excluding carboxylic acids is 1. The van der Waals surface area contributed by atoms with E-state index in [4.69, 9.17) is 5.11 Å². The minimum absolute atomic E-state index is 0.0833. The smallest absolute Gasteiger partial charge is 0.307 e. The molecule has 2 aliphatic rings. The zero-order chi connectivity index (χ0) is 13.7. The Morgan fingerprint density at radius 3 is 2.58 bits per heavy atom. The molecule has 0 radical (unpaired) electrons. The molecule has 1 saturated heterocycles. The summed E-state index contributed by atoms with van der Waals surface area (Å²) in [5.74, 6) is -1.74. The van der Waals surface area contributed by atoms with Gasteiger partial charge in [0, 0.05) is 39.3 Å². The number of hydrogen-bond donors (Lipinski definition) is 3. The fourth-order valence-corrected chi connectivity index (χ4v) is 2.97. The van der Waals surface area contributed by atoms with E-state index >= 15 is 0 Å². The first-order valence-electron chi connectivity index (χ1n) is 7.12. The van der Waals surface area contributed by atoms with Crippen molar-refractivity contribution in [1.82, 2.24) is 15.5 Å². The minimum Gasteiger partial charge on any atom is -0.481 e. The molecule has 6 nitrogen and oxygen atoms in total. The molecule has 3 N–H and O–H groups in total. The van der Waals surface area contributed by atoms with Gasteiger partial charge in [-0.25, -0.2) is 0 Å². The second-order valence-corrected chi connectivity index (χ2v) is 5.36. The van der Waals surface area contributed by atoms with Gasteiger partial charge in [-0.1, -0.05) is 6.42 Å². The van der Waals surface area contributed by atoms with E-state index in [0.29, 0.717) is 19.4 Å². The third-order valence-corrected chi connectivity index (χ3v) is 4.11. The van der Waals surface area contributed by atoms with Gasteiger partial charge >= 0.3 is 5.97 Å². The first kappa shape index (κ1) is 14.3. The normalized spacial score (nSPS) is 28.2. The van der Waals surface area contributed by atoms with E-state index < -0.39 is 11.9 Å². The summed E-state index contributed by atoms with van der Waals surface area (Å²) in [5, 5.41) is 15.2. The number of carboxylic acids is 1. The van der Waals surface area contributed by atoms with E-state index in [1.165, 1.54) is 0 Å². The number of hydrogen-bond acceptors (Lipinski definition) is 4. The fraction of sp³-hybridized carbons (Fsp3) is 0.846. The van der Waals surface area contributed by atoms with E-state index in [1.54, 1.807) is 0 Å². The Hall–Kier alpha value is -1.14. The van der Waals surface area contributed by atoms with Crippen LogP contribution >= 0.6 is 0 Å². The molecular formula is C13H23N3O3. The van der Waals surface area contributed by atoms with Gasteiger partial charge in [-0.2, -0.15) is 0 Å². The maximum Gasteiger partial charge on any atom is 0.307 e. The average molecular weight is 269 g/mol. The highest BCUT2D eigenvalue weighted by Crippen LogP contribution is 2.31. The van der Waals surface area contributed by atoms with Gasteiger partial charge < -0.3 is 15.7 Å². The van der Waals surface area contributed by atoms with Crippen molar-refractivity contribution in [2.24, 2.45) is 11.8 Å². The number of rotatable bonds is 5. The molecule has 1 aliphatic heterocycles. The average Bonchev–Trinajstić information content (AvgIpc) is 2.89. The monoisotopic (exact) mass is 269 g/mol. The lowest BCUT2D eigenvalue weighted by molar-refractivity contribution is -0.146. The van der Waals surface area contributed by atoms with Crippen molar-refractivity contribution in [3.05, 3.63) is 0 Å². The van der Waals surface area contributed by atoms with Crippen LogP contribution in [0, 0.1) is 11.8 Å². The summed E-state index contributed by atoms with van der Waals surface area (Å²) in [6.45, 7) is 5.48. The third kappa shape index (κ3) is 3.91. The van der Waals surface area contributed by atoms with Crippen molar-refractivity contribution >= 4 is 11.9 Å². The molecule has 6 heteroatoms. The maximum absolute atomic E-state index is 12.0. The van der Waals surface area contributed by atoms with Crippen molar-refractivity contribution in [3.63, 3.8) is 0 Å². The number of carboxylic acid groups (broad SMARTS) is 1. The van der Waals surface area contributed by atoms with E-state index in [-0.39, 0.29) is 11.8 Å². The van der Waals surface area contributed by atoms with Gasteiger partial charge in [0.2, 0.25) is 5.91 Å². The highest BCUT2D eigenvalue weighted by molar-refractivity contribution is 5.85. The molecule has 0 aromatic carbocycles. The Balaban J connectivity index is 1.70. The Kier molecular flexibility index (Phi) is 5.15. The van der Waals surface area contributed by atoms with Crippen LogP contribution in [0.15, 0.2) is 0 Å². The highest BCUT2D eigenvalue weighted by atomic mass is 16.4. The third-order valence-electron chi connectivity index (χ3n) is 4.11. The van der Waals surface area contributed by atoms with E-state index in [2.05, 4.69) is 15.5 Å². The first-order chi connectivity index (χ1) is 9.18. The molecule has 1 heterocycles. The molecule has 1 amide bonds. The quantitative estimate of drug-likeness (QED) is 0.627.